The molecule has 2 heterocycles. The number of amides is 1. The monoisotopic (exact) mass is 428 g/mol. The number of hydrogen-bond acceptors (Lipinski definition) is 3. The number of benzene rings is 3. The van der Waals surface area contributed by atoms with Gasteiger partial charge in [-0.25, -0.2) is 4.39 Å². The highest BCUT2D eigenvalue weighted by Gasteiger charge is 2.29. The van der Waals surface area contributed by atoms with Gasteiger partial charge < -0.3 is 15.0 Å². The van der Waals surface area contributed by atoms with Crippen molar-refractivity contribution in [3.05, 3.63) is 89.7 Å². The van der Waals surface area contributed by atoms with Crippen LogP contribution in [0.3, 0.4) is 0 Å². The van der Waals surface area contributed by atoms with E-state index in [2.05, 4.69) is 10.3 Å². The van der Waals surface area contributed by atoms with Gasteiger partial charge in [-0.15, -0.1) is 0 Å². The molecule has 1 aliphatic heterocycles. The summed E-state index contributed by atoms with van der Waals surface area (Å²) in [4.78, 5) is 28.8. The second-order valence-electron chi connectivity index (χ2n) is 7.82. The number of carbonyl (C=O) groups excluding carboxylic acids is 2. The summed E-state index contributed by atoms with van der Waals surface area (Å²) in [5.41, 5.74) is 4.14. The third-order valence-electron chi connectivity index (χ3n) is 5.76. The van der Waals surface area contributed by atoms with Gasteiger partial charge in [0.25, 0.3) is 0 Å². The van der Waals surface area contributed by atoms with Crippen LogP contribution in [0.1, 0.15) is 22.3 Å². The summed E-state index contributed by atoms with van der Waals surface area (Å²) in [6, 6.07) is 20.5. The molecule has 0 aliphatic carbocycles. The van der Waals surface area contributed by atoms with E-state index < -0.39 is 6.04 Å². The Kier molecular flexibility index (Phi) is 5.19. The highest BCUT2D eigenvalue weighted by molar-refractivity contribution is 6.05. The molecule has 3 aromatic carbocycles. The summed E-state index contributed by atoms with van der Waals surface area (Å²) in [6.07, 6.45) is 0.683. The average Bonchev–Trinajstić information content (AvgIpc) is 3.19. The number of nitrogens with one attached hydrogen (secondary N) is 2. The number of rotatable bonds is 5. The highest BCUT2D eigenvalue weighted by Crippen LogP contribution is 2.31. The van der Waals surface area contributed by atoms with Crippen LogP contribution in [0.2, 0.25) is 0 Å². The van der Waals surface area contributed by atoms with Crippen molar-refractivity contribution in [2.75, 3.05) is 6.61 Å². The Bertz CT molecular complexity index is 1310. The first-order valence-corrected chi connectivity index (χ1v) is 10.5. The lowest BCUT2D eigenvalue weighted by Crippen LogP contribution is -2.47. The topological polar surface area (TPSA) is 71.2 Å². The molecular weight excluding hydrogens is 407 g/mol. The number of ether oxygens (including phenoxy) is 1. The summed E-state index contributed by atoms with van der Waals surface area (Å²) < 4.78 is 19.0. The lowest BCUT2D eigenvalue weighted by molar-refractivity contribution is -0.121. The van der Waals surface area contributed by atoms with Gasteiger partial charge in [0.05, 0.1) is 5.56 Å². The standard InChI is InChI=1S/C26H21FN2O3/c27-17-11-9-16(10-12-17)25-19(18-5-1-3-7-21(18)29-25)13-14-24(30)28-22-15-32-23-8-4-2-6-20(23)26(22)31/h1-12,22,29H,13-15H2,(H,28,30). The Morgan fingerprint density at radius 1 is 1.03 bits per heavy atom. The fraction of sp³-hybridized carbons (Fsp3) is 0.154. The van der Waals surface area contributed by atoms with Gasteiger partial charge in [-0.05, 0) is 60.0 Å². The number of aromatic nitrogens is 1. The predicted molar refractivity (Wildman–Crippen MR) is 120 cm³/mol. The van der Waals surface area contributed by atoms with Crippen LogP contribution in [0.25, 0.3) is 22.2 Å². The van der Waals surface area contributed by atoms with E-state index in [0.717, 1.165) is 27.7 Å². The van der Waals surface area contributed by atoms with Gasteiger partial charge >= 0.3 is 0 Å². The zero-order valence-electron chi connectivity index (χ0n) is 17.2. The molecule has 0 bridgehead atoms. The Hall–Kier alpha value is -3.93. The maximum Gasteiger partial charge on any atom is 0.221 e. The molecule has 4 aromatic rings. The van der Waals surface area contributed by atoms with Crippen LogP contribution in [-0.2, 0) is 11.2 Å². The molecule has 1 atom stereocenters. The minimum atomic E-state index is -0.697. The number of para-hydroxylation sites is 2. The molecule has 160 valence electrons. The Balaban J connectivity index is 1.34. The average molecular weight is 428 g/mol. The number of carbonyl (C=O) groups is 2. The van der Waals surface area contributed by atoms with E-state index in [0.29, 0.717) is 17.7 Å². The molecule has 0 saturated carbocycles. The largest absolute Gasteiger partial charge is 0.490 e. The van der Waals surface area contributed by atoms with E-state index in [4.69, 9.17) is 4.74 Å². The van der Waals surface area contributed by atoms with Crippen LogP contribution in [-0.4, -0.2) is 29.3 Å². The molecule has 6 heteroatoms. The maximum atomic E-state index is 13.4. The number of Topliss-reactive ketones (excluding diaryl/α,β-unsaturated/α-hetero) is 1. The normalized spacial score (nSPS) is 15.3. The number of fused-ring (bicyclic) bond motifs is 2. The second-order valence-corrected chi connectivity index (χ2v) is 7.82. The fourth-order valence-electron chi connectivity index (χ4n) is 4.17. The summed E-state index contributed by atoms with van der Waals surface area (Å²) in [6.45, 7) is 0.121. The fourth-order valence-corrected chi connectivity index (χ4v) is 4.17. The number of halogens is 1. The van der Waals surface area contributed by atoms with Gasteiger partial charge in [-0.3, -0.25) is 9.59 Å². The van der Waals surface area contributed by atoms with E-state index in [1.807, 2.05) is 30.3 Å². The van der Waals surface area contributed by atoms with Crippen LogP contribution in [0.5, 0.6) is 5.75 Å². The summed E-state index contributed by atoms with van der Waals surface area (Å²) in [5.74, 6) is -0.113. The molecule has 0 radical (unpaired) electrons. The summed E-state index contributed by atoms with van der Waals surface area (Å²) >= 11 is 0. The van der Waals surface area contributed by atoms with Gasteiger partial charge in [0.1, 0.15) is 24.2 Å². The number of aryl methyl sites for hydroxylation is 1. The molecule has 1 amide bonds. The quantitative estimate of drug-likeness (QED) is 0.485. The first-order chi connectivity index (χ1) is 15.6. The van der Waals surface area contributed by atoms with Crippen LogP contribution in [0, 0.1) is 5.82 Å². The highest BCUT2D eigenvalue weighted by atomic mass is 19.1. The van der Waals surface area contributed by atoms with Gasteiger partial charge in [0.2, 0.25) is 5.91 Å². The van der Waals surface area contributed by atoms with Crippen molar-refractivity contribution in [2.24, 2.45) is 0 Å². The molecule has 0 spiro atoms. The molecule has 1 unspecified atom stereocenters. The summed E-state index contributed by atoms with van der Waals surface area (Å²) in [5, 5.41) is 3.83. The first kappa shape index (κ1) is 20.0. The summed E-state index contributed by atoms with van der Waals surface area (Å²) in [7, 11) is 0. The molecule has 0 saturated heterocycles. The number of H-pyrrole nitrogens is 1. The van der Waals surface area contributed by atoms with E-state index in [-0.39, 0.29) is 30.5 Å². The number of ketones is 1. The molecule has 2 N–H and O–H groups in total. The predicted octanol–water partition coefficient (Wildman–Crippen LogP) is 4.67. The molecule has 0 fully saturated rings. The van der Waals surface area contributed by atoms with Gasteiger partial charge in [0.15, 0.2) is 5.78 Å². The lowest BCUT2D eigenvalue weighted by Gasteiger charge is -2.24. The zero-order chi connectivity index (χ0) is 22.1. The smallest absolute Gasteiger partial charge is 0.221 e. The van der Waals surface area contributed by atoms with Crippen LogP contribution < -0.4 is 10.1 Å². The van der Waals surface area contributed by atoms with Crippen molar-refractivity contribution in [2.45, 2.75) is 18.9 Å². The van der Waals surface area contributed by atoms with Crippen LogP contribution in [0.15, 0.2) is 72.8 Å². The van der Waals surface area contributed by atoms with Crippen molar-refractivity contribution in [1.29, 1.82) is 0 Å². The molecule has 5 nitrogen and oxygen atoms in total. The molecular formula is C26H21FN2O3. The Morgan fingerprint density at radius 3 is 2.62 bits per heavy atom. The van der Waals surface area contributed by atoms with E-state index in [1.165, 1.54) is 12.1 Å². The lowest BCUT2D eigenvalue weighted by atomic mass is 9.99. The molecule has 1 aromatic heterocycles. The first-order valence-electron chi connectivity index (χ1n) is 10.5. The third-order valence-corrected chi connectivity index (χ3v) is 5.76. The zero-order valence-corrected chi connectivity index (χ0v) is 17.2. The SMILES string of the molecule is O=C(CCc1c(-c2ccc(F)cc2)[nH]c2ccccc12)NC1COc2ccccc2C1=O. The maximum absolute atomic E-state index is 13.4. The minimum Gasteiger partial charge on any atom is -0.490 e. The Labute approximate surface area is 184 Å². The van der Waals surface area contributed by atoms with E-state index in [9.17, 15) is 14.0 Å². The van der Waals surface area contributed by atoms with E-state index >= 15 is 0 Å². The van der Waals surface area contributed by atoms with Crippen molar-refractivity contribution in [3.63, 3.8) is 0 Å². The van der Waals surface area contributed by atoms with E-state index in [1.54, 1.807) is 30.3 Å². The molecule has 5 rings (SSSR count). The third kappa shape index (κ3) is 3.75. The van der Waals surface area contributed by atoms with Gasteiger partial charge in [-0.2, -0.15) is 0 Å². The van der Waals surface area contributed by atoms with Crippen LogP contribution in [0.4, 0.5) is 4.39 Å². The van der Waals surface area contributed by atoms with Crippen molar-refractivity contribution >= 4 is 22.6 Å². The van der Waals surface area contributed by atoms with Crippen molar-refractivity contribution < 1.29 is 18.7 Å². The molecule has 32 heavy (non-hydrogen) atoms. The second kappa shape index (κ2) is 8.30. The minimum absolute atomic E-state index is 0.121. The van der Waals surface area contributed by atoms with Gasteiger partial charge in [0, 0.05) is 23.0 Å². The number of aromatic amines is 1. The van der Waals surface area contributed by atoms with Crippen molar-refractivity contribution in [3.8, 4) is 17.0 Å². The van der Waals surface area contributed by atoms with Gasteiger partial charge in [-0.1, -0.05) is 30.3 Å². The molecule has 1 aliphatic rings. The Morgan fingerprint density at radius 2 is 1.78 bits per heavy atom. The van der Waals surface area contributed by atoms with Crippen molar-refractivity contribution in [1.82, 2.24) is 10.3 Å². The van der Waals surface area contributed by atoms with Crippen LogP contribution >= 0.6 is 0 Å². The number of hydrogen-bond donors (Lipinski definition) is 2.